The maximum absolute atomic E-state index is 12.5. The van der Waals surface area contributed by atoms with Crippen LogP contribution in [-0.2, 0) is 32.7 Å². The van der Waals surface area contributed by atoms with Crippen LogP contribution in [0.3, 0.4) is 0 Å². The first-order valence-corrected chi connectivity index (χ1v) is 22.7. The molecule has 0 bridgehead atoms. The van der Waals surface area contributed by atoms with Gasteiger partial charge < -0.3 is 25.2 Å². The second-order valence-corrected chi connectivity index (χ2v) is 15.1. The first-order chi connectivity index (χ1) is 27.2. The van der Waals surface area contributed by atoms with Gasteiger partial charge in [-0.15, -0.1) is 0 Å². The molecule has 0 aromatic rings. The molecule has 0 aromatic heterocycles. The minimum Gasteiger partial charge on any atom is -0.462 e. The van der Waals surface area contributed by atoms with E-state index in [1.54, 1.807) is 6.08 Å². The SMILES string of the molecule is CC/C=C\C/C=C\C/C=C\C=C\C(O)C/C=C\C/C=C\CCC(=O)OC(COC(=O)CCCCCCC/C=C\CCCCCCCC)COP(=O)(O)OCCN. The lowest BCUT2D eigenvalue weighted by atomic mass is 10.1. The third-order valence-electron chi connectivity index (χ3n) is 8.36. The molecule has 0 saturated carbocycles. The van der Waals surface area contributed by atoms with Crippen molar-refractivity contribution in [1.29, 1.82) is 0 Å². The van der Waals surface area contributed by atoms with Crippen LogP contribution in [0.2, 0.25) is 0 Å². The maximum Gasteiger partial charge on any atom is 0.472 e. The quantitative estimate of drug-likeness (QED) is 0.0180. The Labute approximate surface area is 339 Å². The van der Waals surface area contributed by atoms with Crippen molar-refractivity contribution in [2.75, 3.05) is 26.4 Å². The maximum atomic E-state index is 12.5. The van der Waals surface area contributed by atoms with E-state index >= 15 is 0 Å². The smallest absolute Gasteiger partial charge is 0.462 e. The Morgan fingerprint density at radius 3 is 1.91 bits per heavy atom. The number of carbonyl (C=O) groups excluding carboxylic acids is 2. The minimum atomic E-state index is -4.42. The highest BCUT2D eigenvalue weighted by Gasteiger charge is 2.25. The molecule has 0 aliphatic carbocycles. The van der Waals surface area contributed by atoms with Crippen LogP contribution >= 0.6 is 7.82 Å². The molecule has 0 fully saturated rings. The van der Waals surface area contributed by atoms with Crippen LogP contribution in [0, 0.1) is 0 Å². The molecule has 10 nitrogen and oxygen atoms in total. The van der Waals surface area contributed by atoms with Crippen molar-refractivity contribution >= 4 is 19.8 Å². The zero-order chi connectivity index (χ0) is 41.2. The topological polar surface area (TPSA) is 155 Å². The number of esters is 2. The number of carbonyl (C=O) groups is 2. The van der Waals surface area contributed by atoms with Crippen LogP contribution in [0.25, 0.3) is 0 Å². The summed E-state index contributed by atoms with van der Waals surface area (Å²) in [4.78, 5) is 34.8. The number of aliphatic hydroxyl groups excluding tert-OH is 1. The van der Waals surface area contributed by atoms with Gasteiger partial charge in [-0.1, -0.05) is 150 Å². The van der Waals surface area contributed by atoms with Crippen molar-refractivity contribution in [1.82, 2.24) is 0 Å². The average molecular weight is 806 g/mol. The number of phosphoric ester groups is 1. The van der Waals surface area contributed by atoms with Crippen molar-refractivity contribution in [3.63, 3.8) is 0 Å². The number of unbranched alkanes of at least 4 members (excludes halogenated alkanes) is 11. The fourth-order valence-corrected chi connectivity index (χ4v) is 5.97. The zero-order valence-corrected chi connectivity index (χ0v) is 35.6. The van der Waals surface area contributed by atoms with Crippen molar-refractivity contribution < 1.29 is 42.7 Å². The van der Waals surface area contributed by atoms with E-state index in [1.807, 2.05) is 42.5 Å². The molecule has 0 spiro atoms. The lowest BCUT2D eigenvalue weighted by molar-refractivity contribution is -0.161. The van der Waals surface area contributed by atoms with Gasteiger partial charge in [-0.25, -0.2) is 4.57 Å². The van der Waals surface area contributed by atoms with Crippen LogP contribution < -0.4 is 5.73 Å². The summed E-state index contributed by atoms with van der Waals surface area (Å²) in [7, 11) is -4.42. The monoisotopic (exact) mass is 806 g/mol. The van der Waals surface area contributed by atoms with E-state index < -0.39 is 38.6 Å². The molecule has 0 aliphatic rings. The molecule has 0 amide bonds. The highest BCUT2D eigenvalue weighted by molar-refractivity contribution is 7.47. The Morgan fingerprint density at radius 1 is 0.643 bits per heavy atom. The highest BCUT2D eigenvalue weighted by Crippen LogP contribution is 2.43. The third-order valence-corrected chi connectivity index (χ3v) is 9.34. The van der Waals surface area contributed by atoms with E-state index in [0.29, 0.717) is 25.7 Å². The molecular formula is C45H76NO9P. The molecule has 3 atom stereocenters. The number of nitrogens with two attached hydrogens (primary N) is 1. The molecule has 320 valence electrons. The van der Waals surface area contributed by atoms with E-state index in [4.69, 9.17) is 24.3 Å². The van der Waals surface area contributed by atoms with E-state index in [-0.39, 0.29) is 32.6 Å². The molecule has 0 saturated heterocycles. The molecule has 0 aromatic carbocycles. The summed E-state index contributed by atoms with van der Waals surface area (Å²) in [6.07, 6.45) is 46.5. The second-order valence-electron chi connectivity index (χ2n) is 13.7. The van der Waals surface area contributed by atoms with Gasteiger partial charge in [0.1, 0.15) is 6.61 Å². The minimum absolute atomic E-state index is 0.0249. The molecule has 0 rings (SSSR count). The van der Waals surface area contributed by atoms with Gasteiger partial charge in [-0.05, 0) is 70.6 Å². The Bertz CT molecular complexity index is 1210. The van der Waals surface area contributed by atoms with Crippen molar-refractivity contribution in [2.45, 2.75) is 161 Å². The van der Waals surface area contributed by atoms with Gasteiger partial charge in [0.25, 0.3) is 0 Å². The van der Waals surface area contributed by atoms with E-state index in [0.717, 1.165) is 51.4 Å². The van der Waals surface area contributed by atoms with E-state index in [1.165, 1.54) is 44.9 Å². The number of rotatable bonds is 38. The zero-order valence-electron chi connectivity index (χ0n) is 34.7. The van der Waals surface area contributed by atoms with Crippen molar-refractivity contribution in [3.05, 3.63) is 85.1 Å². The predicted octanol–water partition coefficient (Wildman–Crippen LogP) is 11.0. The summed E-state index contributed by atoms with van der Waals surface area (Å²) >= 11 is 0. The number of ether oxygens (including phenoxy) is 2. The molecule has 3 unspecified atom stereocenters. The van der Waals surface area contributed by atoms with Crippen LogP contribution in [0.4, 0.5) is 0 Å². The molecule has 0 heterocycles. The summed E-state index contributed by atoms with van der Waals surface area (Å²) < 4.78 is 32.6. The third kappa shape index (κ3) is 39.4. The largest absolute Gasteiger partial charge is 0.472 e. The van der Waals surface area contributed by atoms with Crippen LogP contribution in [0.1, 0.15) is 149 Å². The molecule has 0 aliphatic heterocycles. The predicted molar refractivity (Wildman–Crippen MR) is 230 cm³/mol. The lowest BCUT2D eigenvalue weighted by Crippen LogP contribution is -2.29. The number of allylic oxidation sites excluding steroid dienone is 12. The van der Waals surface area contributed by atoms with Crippen LogP contribution in [0.5, 0.6) is 0 Å². The molecule has 11 heteroatoms. The number of hydrogen-bond acceptors (Lipinski definition) is 9. The van der Waals surface area contributed by atoms with Crippen molar-refractivity contribution in [2.24, 2.45) is 5.73 Å². The Kier molecular flexibility index (Phi) is 38.3. The molecule has 56 heavy (non-hydrogen) atoms. The van der Waals surface area contributed by atoms with E-state index in [2.05, 4.69) is 50.3 Å². The fourth-order valence-electron chi connectivity index (χ4n) is 5.21. The van der Waals surface area contributed by atoms with Crippen LogP contribution in [0.15, 0.2) is 85.1 Å². The normalized spacial score (nSPS) is 14.7. The summed E-state index contributed by atoms with van der Waals surface area (Å²) in [6.45, 7) is 3.40. The Hall–Kier alpha value is -2.85. The standard InChI is InChI=1S/C45H76NO9P/c1-3-5-7-9-11-13-15-16-17-18-19-21-23-28-32-36-44(48)52-40-43(41-54-56(50,51)53-39-38-46)55-45(49)37-33-29-25-24-27-31-35-42(47)34-30-26-22-20-14-12-10-8-6-4-2/h6,8,12,14,16-17,22,25-27,29-31,34,42-43,47H,3-5,7,9-11,13,15,18-21,23-24,28,32-33,35-41,46H2,1-2H3,(H,50,51)/b8-6-,14-12-,17-16-,26-22-,29-25-,31-27-,34-30+. The van der Waals surface area contributed by atoms with Crippen LogP contribution in [-0.4, -0.2) is 60.5 Å². The number of aliphatic hydroxyl groups is 1. The van der Waals surface area contributed by atoms with Gasteiger partial charge in [0.2, 0.25) is 0 Å². The Balaban J connectivity index is 4.41. The van der Waals surface area contributed by atoms with Crippen molar-refractivity contribution in [3.8, 4) is 0 Å². The van der Waals surface area contributed by atoms with Gasteiger partial charge in [-0.2, -0.15) is 0 Å². The lowest BCUT2D eigenvalue weighted by Gasteiger charge is -2.19. The van der Waals surface area contributed by atoms with E-state index in [9.17, 15) is 24.2 Å². The van der Waals surface area contributed by atoms with Gasteiger partial charge in [0.05, 0.1) is 19.3 Å². The second kappa shape index (κ2) is 40.4. The fraction of sp³-hybridized carbons (Fsp3) is 0.644. The summed E-state index contributed by atoms with van der Waals surface area (Å²) in [6, 6.07) is 0. The summed E-state index contributed by atoms with van der Waals surface area (Å²) in [5.41, 5.74) is 5.33. The van der Waals surface area contributed by atoms with Gasteiger partial charge in [0, 0.05) is 19.4 Å². The highest BCUT2D eigenvalue weighted by atomic mass is 31.2. The molecule has 0 radical (unpaired) electrons. The van der Waals surface area contributed by atoms with Gasteiger partial charge in [-0.3, -0.25) is 18.6 Å². The molecule has 4 N–H and O–H groups in total. The molecular weight excluding hydrogens is 729 g/mol. The summed E-state index contributed by atoms with van der Waals surface area (Å²) in [5.74, 6) is -0.992. The average Bonchev–Trinajstić information content (AvgIpc) is 3.18. The first kappa shape index (κ1) is 53.1. The number of hydrogen-bond donors (Lipinski definition) is 3. The van der Waals surface area contributed by atoms with Gasteiger partial charge in [0.15, 0.2) is 6.10 Å². The Morgan fingerprint density at radius 2 is 1.23 bits per heavy atom. The first-order valence-electron chi connectivity index (χ1n) is 21.2. The van der Waals surface area contributed by atoms with Gasteiger partial charge >= 0.3 is 19.8 Å². The summed E-state index contributed by atoms with van der Waals surface area (Å²) in [5, 5.41) is 10.1. The number of phosphoric acid groups is 1.